The zero-order chi connectivity index (χ0) is 13.7. The average Bonchev–Trinajstić information content (AvgIpc) is 2.38. The Labute approximate surface area is 124 Å². The summed E-state index contributed by atoms with van der Waals surface area (Å²) in [5.41, 5.74) is 1.29. The Kier molecular flexibility index (Phi) is 5.67. The van der Waals surface area contributed by atoms with Gasteiger partial charge in [0.15, 0.2) is 0 Å². The number of ether oxygens (including phenoxy) is 1. The molecule has 4 heteroatoms. The summed E-state index contributed by atoms with van der Waals surface area (Å²) in [5, 5.41) is 3.66. The van der Waals surface area contributed by atoms with Gasteiger partial charge in [0.25, 0.3) is 0 Å². The molecule has 0 radical (unpaired) electrons. The maximum atomic E-state index is 5.70. The third-order valence-electron chi connectivity index (χ3n) is 3.43. The molecule has 1 unspecified atom stereocenters. The molecule has 1 N–H and O–H groups in total. The highest BCUT2D eigenvalue weighted by atomic mass is 79.9. The van der Waals surface area contributed by atoms with E-state index in [9.17, 15) is 0 Å². The van der Waals surface area contributed by atoms with Crippen LogP contribution >= 0.6 is 15.9 Å². The summed E-state index contributed by atoms with van der Waals surface area (Å²) in [7, 11) is 4.25. The van der Waals surface area contributed by atoms with Gasteiger partial charge in [0, 0.05) is 22.5 Å². The number of unbranched alkanes of at least 4 members (excludes halogenated alkanes) is 1. The lowest BCUT2D eigenvalue weighted by atomic mass is 10.0. The van der Waals surface area contributed by atoms with E-state index in [0.29, 0.717) is 6.04 Å². The van der Waals surface area contributed by atoms with Crippen LogP contribution in [0.25, 0.3) is 0 Å². The van der Waals surface area contributed by atoms with Crippen molar-refractivity contribution in [2.45, 2.75) is 25.3 Å². The summed E-state index contributed by atoms with van der Waals surface area (Å²) in [6.07, 6.45) is 3.52. The summed E-state index contributed by atoms with van der Waals surface area (Å²) in [4.78, 5) is 2.24. The molecule has 2 rings (SSSR count). The first-order chi connectivity index (χ1) is 9.16. The van der Waals surface area contributed by atoms with E-state index in [1.165, 1.54) is 18.4 Å². The number of halogens is 1. The average molecular weight is 327 g/mol. The Bertz CT molecular complexity index is 409. The lowest BCUT2D eigenvalue weighted by molar-refractivity contribution is 0.252. The van der Waals surface area contributed by atoms with E-state index >= 15 is 0 Å². The van der Waals surface area contributed by atoms with Gasteiger partial charge >= 0.3 is 0 Å². The number of hydrogen-bond donors (Lipinski definition) is 1. The van der Waals surface area contributed by atoms with Crippen molar-refractivity contribution in [1.29, 1.82) is 0 Å². The quantitative estimate of drug-likeness (QED) is 0.812. The number of benzene rings is 1. The first-order valence-corrected chi connectivity index (χ1v) is 7.76. The summed E-state index contributed by atoms with van der Waals surface area (Å²) < 4.78 is 6.82. The lowest BCUT2D eigenvalue weighted by Crippen LogP contribution is -2.28. The first kappa shape index (κ1) is 14.8. The SMILES string of the molecule is CN(C)CCCCNC1CCOc2ccc(Br)cc21. The van der Waals surface area contributed by atoms with Gasteiger partial charge in [-0.2, -0.15) is 0 Å². The van der Waals surface area contributed by atoms with Gasteiger partial charge in [0.1, 0.15) is 5.75 Å². The number of nitrogens with one attached hydrogen (secondary N) is 1. The smallest absolute Gasteiger partial charge is 0.124 e. The van der Waals surface area contributed by atoms with Crippen LogP contribution in [0.1, 0.15) is 30.9 Å². The van der Waals surface area contributed by atoms with Crippen molar-refractivity contribution in [2.24, 2.45) is 0 Å². The van der Waals surface area contributed by atoms with Gasteiger partial charge in [0.2, 0.25) is 0 Å². The second-order valence-corrected chi connectivity index (χ2v) is 6.25. The predicted molar refractivity (Wildman–Crippen MR) is 82.8 cm³/mol. The molecule has 0 amide bonds. The maximum Gasteiger partial charge on any atom is 0.124 e. The molecule has 3 nitrogen and oxygen atoms in total. The van der Waals surface area contributed by atoms with Crippen LogP contribution in [0.4, 0.5) is 0 Å². The molecular formula is C15H23BrN2O. The Morgan fingerprint density at radius 1 is 1.37 bits per heavy atom. The largest absolute Gasteiger partial charge is 0.493 e. The van der Waals surface area contributed by atoms with Crippen LogP contribution < -0.4 is 10.1 Å². The molecule has 1 atom stereocenters. The van der Waals surface area contributed by atoms with Crippen LogP contribution in [0.2, 0.25) is 0 Å². The second kappa shape index (κ2) is 7.27. The van der Waals surface area contributed by atoms with Gasteiger partial charge in [-0.3, -0.25) is 0 Å². The van der Waals surface area contributed by atoms with Crippen molar-refractivity contribution in [3.63, 3.8) is 0 Å². The van der Waals surface area contributed by atoms with Gasteiger partial charge in [-0.25, -0.2) is 0 Å². The van der Waals surface area contributed by atoms with E-state index in [1.807, 2.05) is 6.07 Å². The van der Waals surface area contributed by atoms with E-state index in [0.717, 1.165) is 36.3 Å². The van der Waals surface area contributed by atoms with Crippen molar-refractivity contribution in [1.82, 2.24) is 10.2 Å². The van der Waals surface area contributed by atoms with Crippen molar-refractivity contribution < 1.29 is 4.74 Å². The van der Waals surface area contributed by atoms with Crippen LogP contribution in [0.3, 0.4) is 0 Å². The third kappa shape index (κ3) is 4.48. The Hall–Kier alpha value is -0.580. The fourth-order valence-electron chi connectivity index (χ4n) is 2.41. The highest BCUT2D eigenvalue weighted by molar-refractivity contribution is 9.10. The van der Waals surface area contributed by atoms with Crippen LogP contribution in [-0.2, 0) is 0 Å². The molecule has 0 fully saturated rings. The molecular weight excluding hydrogens is 304 g/mol. The fourth-order valence-corrected chi connectivity index (χ4v) is 2.79. The fraction of sp³-hybridized carbons (Fsp3) is 0.600. The Morgan fingerprint density at radius 2 is 2.21 bits per heavy atom. The van der Waals surface area contributed by atoms with Crippen LogP contribution in [0, 0.1) is 0 Å². The van der Waals surface area contributed by atoms with Gasteiger partial charge in [-0.05, 0) is 58.2 Å². The highest BCUT2D eigenvalue weighted by Gasteiger charge is 2.20. The van der Waals surface area contributed by atoms with E-state index in [2.05, 4.69) is 52.4 Å². The normalized spacial score (nSPS) is 18.2. The molecule has 0 saturated heterocycles. The molecule has 1 aromatic carbocycles. The summed E-state index contributed by atoms with van der Waals surface area (Å²) >= 11 is 3.54. The zero-order valence-corrected chi connectivity index (χ0v) is 13.4. The molecule has 0 bridgehead atoms. The van der Waals surface area contributed by atoms with Crippen LogP contribution in [-0.4, -0.2) is 38.7 Å². The molecule has 1 aromatic rings. The van der Waals surface area contributed by atoms with Gasteiger partial charge in [-0.1, -0.05) is 15.9 Å². The number of rotatable bonds is 6. The highest BCUT2D eigenvalue weighted by Crippen LogP contribution is 2.33. The standard InChI is InChI=1S/C15H23BrN2O/c1-18(2)9-4-3-8-17-14-7-10-19-15-6-5-12(16)11-13(14)15/h5-6,11,14,17H,3-4,7-10H2,1-2H3. The lowest BCUT2D eigenvalue weighted by Gasteiger charge is -2.27. The second-order valence-electron chi connectivity index (χ2n) is 5.34. The van der Waals surface area contributed by atoms with E-state index in [-0.39, 0.29) is 0 Å². The van der Waals surface area contributed by atoms with Crippen molar-refractivity contribution in [2.75, 3.05) is 33.8 Å². The predicted octanol–water partition coefficient (Wildman–Crippen LogP) is 3.20. The molecule has 0 spiro atoms. The van der Waals surface area contributed by atoms with E-state index in [4.69, 9.17) is 4.74 Å². The summed E-state index contributed by atoms with van der Waals surface area (Å²) in [6.45, 7) is 3.05. The summed E-state index contributed by atoms with van der Waals surface area (Å²) in [5.74, 6) is 1.03. The third-order valence-corrected chi connectivity index (χ3v) is 3.93. The minimum atomic E-state index is 0.431. The Morgan fingerprint density at radius 3 is 3.00 bits per heavy atom. The molecule has 0 aromatic heterocycles. The number of fused-ring (bicyclic) bond motifs is 1. The topological polar surface area (TPSA) is 24.5 Å². The van der Waals surface area contributed by atoms with Gasteiger partial charge in [-0.15, -0.1) is 0 Å². The summed E-state index contributed by atoms with van der Waals surface area (Å²) in [6, 6.07) is 6.70. The van der Waals surface area contributed by atoms with E-state index < -0.39 is 0 Å². The van der Waals surface area contributed by atoms with Crippen molar-refractivity contribution >= 4 is 15.9 Å². The number of hydrogen-bond acceptors (Lipinski definition) is 3. The Balaban J connectivity index is 1.84. The van der Waals surface area contributed by atoms with Gasteiger partial charge < -0.3 is 15.0 Å². The molecule has 0 aliphatic carbocycles. The number of nitrogens with zero attached hydrogens (tertiary/aromatic N) is 1. The van der Waals surface area contributed by atoms with Crippen LogP contribution in [0.5, 0.6) is 5.75 Å². The first-order valence-electron chi connectivity index (χ1n) is 6.97. The molecule has 1 heterocycles. The van der Waals surface area contributed by atoms with Crippen molar-refractivity contribution in [3.8, 4) is 5.75 Å². The molecule has 19 heavy (non-hydrogen) atoms. The zero-order valence-electron chi connectivity index (χ0n) is 11.8. The maximum absolute atomic E-state index is 5.70. The minimum absolute atomic E-state index is 0.431. The van der Waals surface area contributed by atoms with Gasteiger partial charge in [0.05, 0.1) is 6.61 Å². The molecule has 1 aliphatic rings. The van der Waals surface area contributed by atoms with Crippen molar-refractivity contribution in [3.05, 3.63) is 28.2 Å². The monoisotopic (exact) mass is 326 g/mol. The molecule has 1 aliphatic heterocycles. The molecule has 0 saturated carbocycles. The molecule has 106 valence electrons. The van der Waals surface area contributed by atoms with E-state index in [1.54, 1.807) is 0 Å². The van der Waals surface area contributed by atoms with Crippen LogP contribution in [0.15, 0.2) is 22.7 Å². The minimum Gasteiger partial charge on any atom is -0.493 e.